The van der Waals surface area contributed by atoms with E-state index < -0.39 is 5.60 Å². The van der Waals surface area contributed by atoms with Gasteiger partial charge in [-0.2, -0.15) is 0 Å². The summed E-state index contributed by atoms with van der Waals surface area (Å²) in [5.74, 6) is 0.0500. The minimum Gasteiger partial charge on any atom is -0.388 e. The molecule has 1 fully saturated rings. The molecule has 1 heterocycles. The Balaban J connectivity index is 2.07. The van der Waals surface area contributed by atoms with Gasteiger partial charge >= 0.3 is 0 Å². The van der Waals surface area contributed by atoms with E-state index in [1.807, 2.05) is 6.92 Å². The molecule has 0 aromatic heterocycles. The Kier molecular flexibility index (Phi) is 5.73. The van der Waals surface area contributed by atoms with Crippen molar-refractivity contribution in [3.8, 4) is 0 Å². The van der Waals surface area contributed by atoms with Gasteiger partial charge in [0.05, 0.1) is 5.60 Å². The van der Waals surface area contributed by atoms with Crippen LogP contribution in [0.25, 0.3) is 0 Å². The number of hydrogen-bond donors (Lipinski definition) is 3. The first-order chi connectivity index (χ1) is 7.66. The summed E-state index contributed by atoms with van der Waals surface area (Å²) in [5, 5.41) is 15.9. The van der Waals surface area contributed by atoms with Crippen molar-refractivity contribution in [1.82, 2.24) is 10.6 Å². The van der Waals surface area contributed by atoms with Crippen LogP contribution in [0.5, 0.6) is 0 Å². The highest BCUT2D eigenvalue weighted by Crippen LogP contribution is 2.18. The van der Waals surface area contributed by atoms with Crippen LogP contribution in [0.1, 0.15) is 26.2 Å². The lowest BCUT2D eigenvalue weighted by atomic mass is 9.94. The van der Waals surface area contributed by atoms with Crippen molar-refractivity contribution in [2.24, 2.45) is 0 Å². The first-order valence-electron chi connectivity index (χ1n) is 5.94. The maximum absolute atomic E-state index is 11.1. The third-order valence-electron chi connectivity index (χ3n) is 2.78. The van der Waals surface area contributed by atoms with E-state index in [0.717, 1.165) is 0 Å². The Labute approximate surface area is 96.6 Å². The highest BCUT2D eigenvalue weighted by molar-refractivity contribution is 5.75. The van der Waals surface area contributed by atoms with Crippen LogP contribution in [0, 0.1) is 0 Å². The molecule has 0 bridgehead atoms. The summed E-state index contributed by atoms with van der Waals surface area (Å²) < 4.78 is 5.19. The van der Waals surface area contributed by atoms with E-state index in [4.69, 9.17) is 4.74 Å². The van der Waals surface area contributed by atoms with Crippen molar-refractivity contribution in [3.63, 3.8) is 0 Å². The topological polar surface area (TPSA) is 70.6 Å². The summed E-state index contributed by atoms with van der Waals surface area (Å²) in [6.07, 6.45) is 1.79. The van der Waals surface area contributed by atoms with Gasteiger partial charge in [0.15, 0.2) is 0 Å². The second kappa shape index (κ2) is 6.83. The van der Waals surface area contributed by atoms with Gasteiger partial charge < -0.3 is 20.5 Å². The van der Waals surface area contributed by atoms with Gasteiger partial charge in [0.1, 0.15) is 0 Å². The monoisotopic (exact) mass is 230 g/mol. The Morgan fingerprint density at radius 3 is 2.75 bits per heavy atom. The summed E-state index contributed by atoms with van der Waals surface area (Å²) >= 11 is 0. The minimum absolute atomic E-state index is 0.0500. The number of carbonyl (C=O) groups excluding carboxylic acids is 1. The van der Waals surface area contributed by atoms with Crippen LogP contribution in [0.4, 0.5) is 0 Å². The van der Waals surface area contributed by atoms with Crippen LogP contribution < -0.4 is 10.6 Å². The molecule has 0 radical (unpaired) electrons. The number of aliphatic hydroxyl groups is 1. The van der Waals surface area contributed by atoms with Crippen LogP contribution >= 0.6 is 0 Å². The summed E-state index contributed by atoms with van der Waals surface area (Å²) in [4.78, 5) is 11.1. The molecule has 0 atom stereocenters. The van der Waals surface area contributed by atoms with Crippen molar-refractivity contribution in [2.75, 3.05) is 32.8 Å². The number of carbonyl (C=O) groups is 1. The molecule has 5 nitrogen and oxygen atoms in total. The average molecular weight is 230 g/mol. The smallest absolute Gasteiger partial charge is 0.221 e. The van der Waals surface area contributed by atoms with Gasteiger partial charge in [-0.05, 0) is 6.92 Å². The average Bonchev–Trinajstić information content (AvgIpc) is 2.26. The quantitative estimate of drug-likeness (QED) is 0.545. The van der Waals surface area contributed by atoms with Crippen molar-refractivity contribution < 1.29 is 14.6 Å². The highest BCUT2D eigenvalue weighted by Gasteiger charge is 2.28. The van der Waals surface area contributed by atoms with E-state index in [2.05, 4.69) is 10.6 Å². The van der Waals surface area contributed by atoms with E-state index in [1.54, 1.807) is 0 Å². The molecule has 0 saturated carbocycles. The summed E-state index contributed by atoms with van der Waals surface area (Å²) in [6, 6.07) is 0. The third kappa shape index (κ3) is 4.92. The summed E-state index contributed by atoms with van der Waals surface area (Å²) in [7, 11) is 0. The van der Waals surface area contributed by atoms with Gasteiger partial charge in [0, 0.05) is 52.1 Å². The molecule has 5 heteroatoms. The fourth-order valence-corrected chi connectivity index (χ4v) is 1.74. The van der Waals surface area contributed by atoms with Crippen LogP contribution in [0.2, 0.25) is 0 Å². The Morgan fingerprint density at radius 1 is 1.44 bits per heavy atom. The van der Waals surface area contributed by atoms with Gasteiger partial charge in [-0.15, -0.1) is 0 Å². The molecule has 1 saturated heterocycles. The molecule has 1 aliphatic rings. The molecule has 16 heavy (non-hydrogen) atoms. The van der Waals surface area contributed by atoms with Gasteiger partial charge in [-0.25, -0.2) is 0 Å². The molecule has 0 aliphatic carbocycles. The first-order valence-corrected chi connectivity index (χ1v) is 5.94. The number of nitrogens with one attached hydrogen (secondary N) is 2. The van der Waals surface area contributed by atoms with Crippen LogP contribution in [-0.4, -0.2) is 49.5 Å². The second-order valence-electron chi connectivity index (χ2n) is 4.22. The lowest BCUT2D eigenvalue weighted by molar-refractivity contribution is -0.121. The maximum Gasteiger partial charge on any atom is 0.221 e. The number of ether oxygens (including phenoxy) is 1. The SMILES string of the molecule is CCNC(=O)CCNCC1(O)CCOCC1. The zero-order valence-corrected chi connectivity index (χ0v) is 9.92. The predicted octanol–water partition coefficient (Wildman–Crippen LogP) is -0.356. The Morgan fingerprint density at radius 2 is 2.12 bits per heavy atom. The first kappa shape index (κ1) is 13.4. The molecular weight excluding hydrogens is 208 g/mol. The number of rotatable bonds is 6. The molecule has 0 aromatic carbocycles. The molecule has 0 aromatic rings. The van der Waals surface area contributed by atoms with E-state index >= 15 is 0 Å². The molecular formula is C11H22N2O3. The van der Waals surface area contributed by atoms with Crippen molar-refractivity contribution >= 4 is 5.91 Å². The fourth-order valence-electron chi connectivity index (χ4n) is 1.74. The van der Waals surface area contributed by atoms with Crippen molar-refractivity contribution in [2.45, 2.75) is 31.8 Å². The molecule has 0 unspecified atom stereocenters. The maximum atomic E-state index is 11.1. The Hall–Kier alpha value is -0.650. The molecule has 1 aliphatic heterocycles. The molecule has 0 spiro atoms. The van der Waals surface area contributed by atoms with Crippen molar-refractivity contribution in [3.05, 3.63) is 0 Å². The van der Waals surface area contributed by atoms with Gasteiger partial charge in [0.25, 0.3) is 0 Å². The standard InChI is InChI=1S/C11H22N2O3/c1-2-13-10(14)3-6-12-9-11(15)4-7-16-8-5-11/h12,15H,2-9H2,1H3,(H,13,14). The Bertz CT molecular complexity index is 215. The zero-order valence-electron chi connectivity index (χ0n) is 9.92. The molecule has 1 amide bonds. The third-order valence-corrected chi connectivity index (χ3v) is 2.78. The number of hydrogen-bond acceptors (Lipinski definition) is 4. The molecule has 1 rings (SSSR count). The minimum atomic E-state index is -0.653. The normalized spacial score (nSPS) is 19.4. The fraction of sp³-hybridized carbons (Fsp3) is 0.909. The van der Waals surface area contributed by atoms with Crippen LogP contribution in [0.3, 0.4) is 0 Å². The largest absolute Gasteiger partial charge is 0.388 e. The predicted molar refractivity (Wildman–Crippen MR) is 61.2 cm³/mol. The lowest BCUT2D eigenvalue weighted by Gasteiger charge is -2.32. The van der Waals surface area contributed by atoms with E-state index in [1.165, 1.54) is 0 Å². The lowest BCUT2D eigenvalue weighted by Crippen LogP contribution is -2.45. The summed E-state index contributed by atoms with van der Waals surface area (Å²) in [5.41, 5.74) is -0.653. The highest BCUT2D eigenvalue weighted by atomic mass is 16.5. The summed E-state index contributed by atoms with van der Waals surface area (Å²) in [6.45, 7) is 4.95. The zero-order chi connectivity index (χ0) is 11.9. The van der Waals surface area contributed by atoms with E-state index in [9.17, 15) is 9.90 Å². The van der Waals surface area contributed by atoms with E-state index in [-0.39, 0.29) is 5.91 Å². The van der Waals surface area contributed by atoms with Crippen LogP contribution in [0.15, 0.2) is 0 Å². The molecule has 94 valence electrons. The van der Waals surface area contributed by atoms with E-state index in [0.29, 0.717) is 52.1 Å². The van der Waals surface area contributed by atoms with Gasteiger partial charge in [0.2, 0.25) is 5.91 Å². The molecule has 3 N–H and O–H groups in total. The second-order valence-corrected chi connectivity index (χ2v) is 4.22. The number of amides is 1. The van der Waals surface area contributed by atoms with Crippen molar-refractivity contribution in [1.29, 1.82) is 0 Å². The van der Waals surface area contributed by atoms with Crippen LogP contribution in [-0.2, 0) is 9.53 Å². The van der Waals surface area contributed by atoms with Gasteiger partial charge in [-0.3, -0.25) is 4.79 Å². The van der Waals surface area contributed by atoms with Gasteiger partial charge in [-0.1, -0.05) is 0 Å².